The highest BCUT2D eigenvalue weighted by Gasteiger charge is 2.24. The summed E-state index contributed by atoms with van der Waals surface area (Å²) in [6, 6.07) is 2.10. The average Bonchev–Trinajstić information content (AvgIpc) is 3.02. The lowest BCUT2D eigenvalue weighted by Crippen LogP contribution is -2.48. The van der Waals surface area contributed by atoms with Crippen molar-refractivity contribution in [1.29, 1.82) is 0 Å². The van der Waals surface area contributed by atoms with Gasteiger partial charge < -0.3 is 20.6 Å². The molecule has 25 heavy (non-hydrogen) atoms. The molecule has 2 amide bonds. The van der Waals surface area contributed by atoms with Gasteiger partial charge in [0.05, 0.1) is 11.1 Å². The van der Waals surface area contributed by atoms with Gasteiger partial charge in [-0.05, 0) is 12.5 Å². The average molecular weight is 381 g/mol. The van der Waals surface area contributed by atoms with E-state index >= 15 is 0 Å². The molecule has 3 rings (SSSR count). The molecule has 3 N–H and O–H groups in total. The summed E-state index contributed by atoms with van der Waals surface area (Å²) in [4.78, 5) is 36.9. The van der Waals surface area contributed by atoms with Gasteiger partial charge in [0.2, 0.25) is 5.91 Å². The lowest BCUT2D eigenvalue weighted by atomic mass is 10.2. The minimum absolute atomic E-state index is 0.129. The predicted molar refractivity (Wildman–Crippen MR) is 98.5 cm³/mol. The number of nitrogens with zero attached hydrogens (tertiary/aromatic N) is 4. The predicted octanol–water partition coefficient (Wildman–Crippen LogP) is 1.63. The van der Waals surface area contributed by atoms with Gasteiger partial charge >= 0.3 is 6.09 Å². The molecule has 0 atom stereocenters. The van der Waals surface area contributed by atoms with E-state index in [2.05, 4.69) is 27.9 Å². The Morgan fingerprint density at radius 1 is 1.32 bits per heavy atom. The van der Waals surface area contributed by atoms with Crippen LogP contribution in [-0.4, -0.2) is 63.9 Å². The zero-order valence-electron chi connectivity index (χ0n) is 13.8. The Hall–Kier alpha value is -2.07. The fourth-order valence-electron chi connectivity index (χ4n) is 2.66. The second kappa shape index (κ2) is 7.44. The van der Waals surface area contributed by atoms with E-state index in [-0.39, 0.29) is 5.75 Å². The number of carbonyl (C=O) groups excluding carboxylic acids is 1. The number of nitrogens with two attached hydrogens (primary N) is 1. The first-order chi connectivity index (χ1) is 12.0. The fourth-order valence-corrected chi connectivity index (χ4v) is 4.26. The van der Waals surface area contributed by atoms with Gasteiger partial charge in [0, 0.05) is 31.1 Å². The highest BCUT2D eigenvalue weighted by atomic mass is 32.2. The Labute approximate surface area is 153 Å². The van der Waals surface area contributed by atoms with Crippen LogP contribution in [0.2, 0.25) is 0 Å². The summed E-state index contributed by atoms with van der Waals surface area (Å²) in [5, 5.41) is 10.6. The van der Waals surface area contributed by atoms with E-state index < -0.39 is 12.0 Å². The van der Waals surface area contributed by atoms with Gasteiger partial charge in [-0.2, -0.15) is 0 Å². The summed E-state index contributed by atoms with van der Waals surface area (Å²) >= 11 is 2.84. The summed E-state index contributed by atoms with van der Waals surface area (Å²) in [6.07, 6.45) is 0.0193. The van der Waals surface area contributed by atoms with Crippen molar-refractivity contribution in [1.82, 2.24) is 14.9 Å². The van der Waals surface area contributed by atoms with Gasteiger partial charge in [0.15, 0.2) is 5.16 Å². The number of hydrogen-bond acceptors (Lipinski definition) is 7. The van der Waals surface area contributed by atoms with Crippen LogP contribution in [0.3, 0.4) is 0 Å². The smallest absolute Gasteiger partial charge is 0.407 e. The molecule has 0 aromatic carbocycles. The number of hydrogen-bond donors (Lipinski definition) is 2. The number of thiophene rings is 1. The molecule has 0 saturated carbocycles. The number of carbonyl (C=O) groups is 2. The van der Waals surface area contributed by atoms with Gasteiger partial charge in [-0.15, -0.1) is 11.3 Å². The number of aryl methyl sites for hydroxylation is 1. The Kier molecular flexibility index (Phi) is 5.28. The number of rotatable bonds is 5. The SMILES string of the molecule is CCc1cc2c(N3CCN(C(=O)O)CC3)nc(SCC(N)=O)nc2s1. The van der Waals surface area contributed by atoms with Crippen LogP contribution in [0, 0.1) is 0 Å². The molecule has 0 spiro atoms. The molecule has 1 aliphatic rings. The van der Waals surface area contributed by atoms with Crippen LogP contribution in [0.4, 0.5) is 10.6 Å². The van der Waals surface area contributed by atoms with Crippen molar-refractivity contribution in [2.75, 3.05) is 36.8 Å². The maximum absolute atomic E-state index is 11.1. The van der Waals surface area contributed by atoms with E-state index in [1.807, 2.05) is 0 Å². The first-order valence-electron chi connectivity index (χ1n) is 7.92. The van der Waals surface area contributed by atoms with E-state index in [1.54, 1.807) is 11.3 Å². The molecule has 10 heteroatoms. The Bertz CT molecular complexity index is 802. The van der Waals surface area contributed by atoms with Crippen molar-refractivity contribution >= 4 is 51.1 Å². The van der Waals surface area contributed by atoms with E-state index in [9.17, 15) is 9.59 Å². The molecule has 1 fully saturated rings. The summed E-state index contributed by atoms with van der Waals surface area (Å²) in [7, 11) is 0. The third kappa shape index (κ3) is 3.96. The fraction of sp³-hybridized carbons (Fsp3) is 0.467. The quantitative estimate of drug-likeness (QED) is 0.598. The van der Waals surface area contributed by atoms with Gasteiger partial charge in [0.25, 0.3) is 0 Å². The minimum atomic E-state index is -0.894. The lowest BCUT2D eigenvalue weighted by molar-refractivity contribution is -0.115. The number of carboxylic acid groups (broad SMARTS) is 1. The van der Waals surface area contributed by atoms with Crippen LogP contribution in [-0.2, 0) is 11.2 Å². The van der Waals surface area contributed by atoms with Gasteiger partial charge in [-0.1, -0.05) is 18.7 Å². The third-order valence-electron chi connectivity index (χ3n) is 3.94. The topological polar surface area (TPSA) is 113 Å². The molecule has 2 aromatic heterocycles. The summed E-state index contributed by atoms with van der Waals surface area (Å²) in [5.41, 5.74) is 5.22. The highest BCUT2D eigenvalue weighted by Crippen LogP contribution is 2.33. The van der Waals surface area contributed by atoms with E-state index in [4.69, 9.17) is 10.8 Å². The Morgan fingerprint density at radius 2 is 2.04 bits per heavy atom. The van der Waals surface area contributed by atoms with Crippen molar-refractivity contribution in [2.45, 2.75) is 18.5 Å². The third-order valence-corrected chi connectivity index (χ3v) is 5.99. The monoisotopic (exact) mass is 381 g/mol. The largest absolute Gasteiger partial charge is 0.465 e. The molecule has 3 heterocycles. The second-order valence-electron chi connectivity index (χ2n) is 5.63. The zero-order valence-corrected chi connectivity index (χ0v) is 15.4. The number of primary amides is 1. The Morgan fingerprint density at radius 3 is 2.64 bits per heavy atom. The van der Waals surface area contributed by atoms with Gasteiger partial charge in [0.1, 0.15) is 10.6 Å². The van der Waals surface area contributed by atoms with E-state index in [0.717, 1.165) is 22.5 Å². The maximum Gasteiger partial charge on any atom is 0.407 e. The van der Waals surface area contributed by atoms with Crippen LogP contribution in [0.5, 0.6) is 0 Å². The minimum Gasteiger partial charge on any atom is -0.465 e. The van der Waals surface area contributed by atoms with Crippen molar-refractivity contribution in [2.24, 2.45) is 5.73 Å². The maximum atomic E-state index is 11.1. The number of piperazine rings is 1. The van der Waals surface area contributed by atoms with Gasteiger partial charge in [-0.3, -0.25) is 4.79 Å². The summed E-state index contributed by atoms with van der Waals surface area (Å²) < 4.78 is 0. The standard InChI is InChI=1S/C15H19N5O3S2/c1-2-9-7-10-12(19-3-5-20(6-4-19)15(22)23)17-14(18-13(10)25-9)24-8-11(16)21/h7H,2-6,8H2,1H3,(H2,16,21)(H,22,23). The molecule has 8 nitrogen and oxygen atoms in total. The van der Waals surface area contributed by atoms with Crippen molar-refractivity contribution in [3.05, 3.63) is 10.9 Å². The number of aromatic nitrogens is 2. The lowest BCUT2D eigenvalue weighted by Gasteiger charge is -2.34. The Balaban J connectivity index is 1.92. The molecular weight excluding hydrogens is 362 g/mol. The summed E-state index contributed by atoms with van der Waals surface area (Å²) in [5.74, 6) is 0.521. The molecule has 0 aliphatic carbocycles. The molecule has 0 unspecified atom stereocenters. The van der Waals surface area contributed by atoms with Crippen LogP contribution >= 0.6 is 23.1 Å². The number of thioether (sulfide) groups is 1. The molecule has 2 aromatic rings. The van der Waals surface area contributed by atoms with Crippen molar-refractivity contribution < 1.29 is 14.7 Å². The molecule has 134 valence electrons. The molecule has 1 saturated heterocycles. The van der Waals surface area contributed by atoms with E-state index in [1.165, 1.54) is 21.5 Å². The van der Waals surface area contributed by atoms with Crippen LogP contribution in [0.1, 0.15) is 11.8 Å². The van der Waals surface area contributed by atoms with Crippen LogP contribution in [0.25, 0.3) is 10.2 Å². The van der Waals surface area contributed by atoms with Crippen molar-refractivity contribution in [3.8, 4) is 0 Å². The number of anilines is 1. The highest BCUT2D eigenvalue weighted by molar-refractivity contribution is 7.99. The number of amides is 2. The second-order valence-corrected chi connectivity index (χ2v) is 7.68. The zero-order chi connectivity index (χ0) is 18.0. The molecule has 1 aliphatic heterocycles. The molecular formula is C15H19N5O3S2. The van der Waals surface area contributed by atoms with Crippen LogP contribution in [0.15, 0.2) is 11.2 Å². The van der Waals surface area contributed by atoms with Crippen LogP contribution < -0.4 is 10.6 Å². The number of fused-ring (bicyclic) bond motifs is 1. The first-order valence-corrected chi connectivity index (χ1v) is 9.72. The van der Waals surface area contributed by atoms with E-state index in [0.29, 0.717) is 31.3 Å². The van der Waals surface area contributed by atoms with Crippen molar-refractivity contribution in [3.63, 3.8) is 0 Å². The van der Waals surface area contributed by atoms with Gasteiger partial charge in [-0.25, -0.2) is 14.8 Å². The first kappa shape index (κ1) is 17.7. The summed E-state index contributed by atoms with van der Waals surface area (Å²) in [6.45, 7) is 4.13. The normalized spacial score (nSPS) is 14.9. The molecule has 0 radical (unpaired) electrons. The molecule has 0 bridgehead atoms.